The third-order valence-electron chi connectivity index (χ3n) is 7.07. The lowest BCUT2D eigenvalue weighted by Crippen LogP contribution is -2.24. The quantitative estimate of drug-likeness (QED) is 0.247. The highest BCUT2D eigenvalue weighted by Crippen LogP contribution is 2.34. The topological polar surface area (TPSA) is 98.2 Å². The first-order valence-electron chi connectivity index (χ1n) is 12.8. The lowest BCUT2D eigenvalue weighted by Gasteiger charge is -2.18. The Hall–Kier alpha value is -4.40. The summed E-state index contributed by atoms with van der Waals surface area (Å²) in [6.07, 6.45) is 6.79. The number of fused-ring (bicyclic) bond motifs is 1. The Labute approximate surface area is 223 Å². The Bertz CT molecular complexity index is 1640. The lowest BCUT2D eigenvalue weighted by atomic mass is 9.86. The van der Waals surface area contributed by atoms with Crippen LogP contribution in [0.4, 0.5) is 8.78 Å². The molecule has 0 spiro atoms. The molecule has 0 aliphatic heterocycles. The fraction of sp³-hybridized carbons (Fsp3) is 0.267. The highest BCUT2D eigenvalue weighted by molar-refractivity contribution is 5.83. The van der Waals surface area contributed by atoms with Crippen LogP contribution < -0.4 is 5.56 Å². The summed E-state index contributed by atoms with van der Waals surface area (Å²) < 4.78 is 34.0. The summed E-state index contributed by atoms with van der Waals surface area (Å²) in [6, 6.07) is 12.7. The van der Waals surface area contributed by atoms with Crippen LogP contribution in [0.1, 0.15) is 50.1 Å². The third-order valence-corrected chi connectivity index (χ3v) is 7.07. The molecular formula is C30H27F2N3O4. The summed E-state index contributed by atoms with van der Waals surface area (Å²) in [4.78, 5) is 29.3. The van der Waals surface area contributed by atoms with Gasteiger partial charge in [0.2, 0.25) is 0 Å². The standard InChI is InChI=1S/C30H27F2N3O4/c1-18(19-6-9-21(31)10-7-19)27-17-25(34-39-27)20-8-15-24-26(16-20)33-28(4-2-3-5-29(36)37)35(30(24)38)23-13-11-22(32)12-14-23/h6,8-19H,2-5,7H2,1H3,(H,36,37)/t18-,19?/m1/s1. The van der Waals surface area contributed by atoms with Crippen molar-refractivity contribution in [2.24, 2.45) is 5.92 Å². The number of carboxylic acids is 1. The van der Waals surface area contributed by atoms with Crippen LogP contribution in [-0.4, -0.2) is 25.8 Å². The van der Waals surface area contributed by atoms with Crippen molar-refractivity contribution in [2.75, 3.05) is 0 Å². The number of benzene rings is 2. The van der Waals surface area contributed by atoms with Crippen LogP contribution in [-0.2, 0) is 11.2 Å². The van der Waals surface area contributed by atoms with Gasteiger partial charge in [0.05, 0.1) is 16.6 Å². The van der Waals surface area contributed by atoms with Crippen LogP contribution in [0, 0.1) is 11.7 Å². The zero-order valence-corrected chi connectivity index (χ0v) is 21.3. The number of aromatic nitrogens is 3. The number of carboxylic acid groups (broad SMARTS) is 1. The predicted octanol–water partition coefficient (Wildman–Crippen LogP) is 6.51. The van der Waals surface area contributed by atoms with Gasteiger partial charge in [0.25, 0.3) is 5.56 Å². The minimum atomic E-state index is -0.883. The molecule has 1 N–H and O–H groups in total. The van der Waals surface area contributed by atoms with Gasteiger partial charge < -0.3 is 9.63 Å². The Morgan fingerprint density at radius 3 is 2.67 bits per heavy atom. The number of allylic oxidation sites excluding steroid dienone is 4. The second-order valence-corrected chi connectivity index (χ2v) is 9.73. The SMILES string of the molecule is C[C@@H](c1cc(-c2ccc3c(=O)n(-c4ccc(F)cc4)c(CCCCC(=O)O)nc3c2)no1)C1C=CC(F)=CC1. The maximum Gasteiger partial charge on any atom is 0.303 e. The van der Waals surface area contributed by atoms with E-state index in [1.807, 2.05) is 19.1 Å². The van der Waals surface area contributed by atoms with Crippen molar-refractivity contribution in [3.8, 4) is 16.9 Å². The highest BCUT2D eigenvalue weighted by Gasteiger charge is 2.23. The molecule has 39 heavy (non-hydrogen) atoms. The smallest absolute Gasteiger partial charge is 0.303 e. The maximum atomic E-state index is 13.6. The van der Waals surface area contributed by atoms with Crippen LogP contribution in [0.15, 0.2) is 81.9 Å². The molecule has 0 fully saturated rings. The molecule has 0 saturated heterocycles. The fourth-order valence-electron chi connectivity index (χ4n) is 4.81. The number of hydrogen-bond donors (Lipinski definition) is 1. The zero-order chi connectivity index (χ0) is 27.5. The second-order valence-electron chi connectivity index (χ2n) is 9.73. The average Bonchev–Trinajstić information content (AvgIpc) is 3.42. The largest absolute Gasteiger partial charge is 0.481 e. The summed E-state index contributed by atoms with van der Waals surface area (Å²) in [6.45, 7) is 2.01. The summed E-state index contributed by atoms with van der Waals surface area (Å²) >= 11 is 0. The fourth-order valence-corrected chi connectivity index (χ4v) is 4.81. The summed E-state index contributed by atoms with van der Waals surface area (Å²) in [5, 5.41) is 13.6. The molecule has 200 valence electrons. The van der Waals surface area contributed by atoms with E-state index in [0.717, 1.165) is 5.56 Å². The third kappa shape index (κ3) is 5.72. The minimum Gasteiger partial charge on any atom is -0.481 e. The van der Waals surface area contributed by atoms with Crippen LogP contribution >= 0.6 is 0 Å². The molecular weight excluding hydrogens is 504 g/mol. The first kappa shape index (κ1) is 26.2. The van der Waals surface area contributed by atoms with Gasteiger partial charge in [-0.05, 0) is 73.7 Å². The van der Waals surface area contributed by atoms with E-state index < -0.39 is 11.8 Å². The molecule has 7 nitrogen and oxygen atoms in total. The van der Waals surface area contributed by atoms with Crippen molar-refractivity contribution in [2.45, 2.75) is 44.9 Å². The second kappa shape index (κ2) is 11.1. The Morgan fingerprint density at radius 1 is 1.15 bits per heavy atom. The Kier molecular flexibility index (Phi) is 7.49. The number of unbranched alkanes of at least 4 members (excludes halogenated alkanes) is 1. The molecule has 2 atom stereocenters. The number of carbonyl (C=O) groups is 1. The zero-order valence-electron chi connectivity index (χ0n) is 21.3. The van der Waals surface area contributed by atoms with E-state index in [9.17, 15) is 18.4 Å². The van der Waals surface area contributed by atoms with Gasteiger partial charge in [0, 0.05) is 30.4 Å². The summed E-state index contributed by atoms with van der Waals surface area (Å²) in [7, 11) is 0. The van der Waals surface area contributed by atoms with Gasteiger partial charge >= 0.3 is 5.97 Å². The van der Waals surface area contributed by atoms with Crippen molar-refractivity contribution in [1.29, 1.82) is 0 Å². The number of halogens is 2. The molecule has 0 amide bonds. The first-order valence-corrected chi connectivity index (χ1v) is 12.8. The number of hydrogen-bond acceptors (Lipinski definition) is 5. The maximum absolute atomic E-state index is 13.6. The molecule has 4 aromatic rings. The number of aliphatic carboxylic acids is 1. The van der Waals surface area contributed by atoms with E-state index in [0.29, 0.717) is 59.6 Å². The molecule has 0 bridgehead atoms. The molecule has 1 aliphatic rings. The van der Waals surface area contributed by atoms with Crippen LogP contribution in [0.25, 0.3) is 27.8 Å². The van der Waals surface area contributed by atoms with Gasteiger partial charge in [-0.25, -0.2) is 13.8 Å². The van der Waals surface area contributed by atoms with Crippen LogP contribution in [0.2, 0.25) is 0 Å². The van der Waals surface area contributed by atoms with Crippen molar-refractivity contribution in [1.82, 2.24) is 14.7 Å². The molecule has 0 radical (unpaired) electrons. The van der Waals surface area contributed by atoms with E-state index in [2.05, 4.69) is 5.16 Å². The molecule has 2 heterocycles. The molecule has 0 saturated carbocycles. The van der Waals surface area contributed by atoms with Crippen LogP contribution in [0.5, 0.6) is 0 Å². The van der Waals surface area contributed by atoms with E-state index in [-0.39, 0.29) is 29.6 Å². The van der Waals surface area contributed by atoms with Gasteiger partial charge in [-0.2, -0.15) is 0 Å². The predicted molar refractivity (Wildman–Crippen MR) is 143 cm³/mol. The highest BCUT2D eigenvalue weighted by atomic mass is 19.1. The van der Waals surface area contributed by atoms with Gasteiger partial charge in [0.15, 0.2) is 0 Å². The van der Waals surface area contributed by atoms with Gasteiger partial charge in [-0.15, -0.1) is 0 Å². The minimum absolute atomic E-state index is 0.00857. The van der Waals surface area contributed by atoms with E-state index in [4.69, 9.17) is 14.6 Å². The van der Waals surface area contributed by atoms with E-state index in [1.54, 1.807) is 24.3 Å². The van der Waals surface area contributed by atoms with Gasteiger partial charge in [0.1, 0.15) is 28.9 Å². The van der Waals surface area contributed by atoms with Crippen molar-refractivity contribution < 1.29 is 23.2 Å². The van der Waals surface area contributed by atoms with Crippen molar-refractivity contribution in [3.63, 3.8) is 0 Å². The van der Waals surface area contributed by atoms with Crippen molar-refractivity contribution >= 4 is 16.9 Å². The number of nitrogens with zero attached hydrogens (tertiary/aromatic N) is 3. The summed E-state index contributed by atoms with van der Waals surface area (Å²) in [5.74, 6) is -0.318. The normalized spacial score (nSPS) is 15.9. The number of rotatable bonds is 9. The molecule has 1 aliphatic carbocycles. The van der Waals surface area contributed by atoms with E-state index >= 15 is 0 Å². The monoisotopic (exact) mass is 531 g/mol. The van der Waals surface area contributed by atoms with Gasteiger partial charge in [-0.1, -0.05) is 24.2 Å². The first-order chi connectivity index (χ1) is 18.8. The lowest BCUT2D eigenvalue weighted by molar-refractivity contribution is -0.137. The average molecular weight is 532 g/mol. The Morgan fingerprint density at radius 2 is 1.95 bits per heavy atom. The molecule has 2 aromatic carbocycles. The Balaban J connectivity index is 1.49. The molecule has 5 rings (SSSR count). The molecule has 1 unspecified atom stereocenters. The molecule has 2 aromatic heterocycles. The summed E-state index contributed by atoms with van der Waals surface area (Å²) in [5.41, 5.74) is 1.96. The number of aryl methyl sites for hydroxylation is 1. The van der Waals surface area contributed by atoms with Gasteiger partial charge in [-0.3, -0.25) is 14.2 Å². The van der Waals surface area contributed by atoms with Crippen molar-refractivity contribution in [3.05, 3.63) is 100 Å². The van der Waals surface area contributed by atoms with Crippen LogP contribution in [0.3, 0.4) is 0 Å². The molecule has 9 heteroatoms. The van der Waals surface area contributed by atoms with E-state index in [1.165, 1.54) is 34.9 Å².